The van der Waals surface area contributed by atoms with Gasteiger partial charge in [-0.05, 0) is 18.8 Å². The van der Waals surface area contributed by atoms with Gasteiger partial charge in [-0.3, -0.25) is 4.98 Å². The van der Waals surface area contributed by atoms with Crippen molar-refractivity contribution in [2.45, 2.75) is 52.9 Å². The molecular formula is C15H22N2O. The summed E-state index contributed by atoms with van der Waals surface area (Å²) in [6.45, 7) is 11.0. The summed E-state index contributed by atoms with van der Waals surface area (Å²) < 4.78 is 5.31. The van der Waals surface area contributed by atoms with E-state index in [2.05, 4.69) is 39.8 Å². The van der Waals surface area contributed by atoms with Crippen LogP contribution in [0.5, 0.6) is 0 Å². The maximum absolute atomic E-state index is 5.31. The third-order valence-corrected chi connectivity index (χ3v) is 3.16. The summed E-state index contributed by atoms with van der Waals surface area (Å²) in [5, 5.41) is 4.96. The van der Waals surface area contributed by atoms with Crippen molar-refractivity contribution >= 4 is 11.0 Å². The van der Waals surface area contributed by atoms with Gasteiger partial charge in [0.15, 0.2) is 5.58 Å². The first-order valence-corrected chi connectivity index (χ1v) is 6.62. The lowest BCUT2D eigenvalue weighted by Crippen LogP contribution is -2.14. The summed E-state index contributed by atoms with van der Waals surface area (Å²) in [4.78, 5) is 4.82. The third-order valence-electron chi connectivity index (χ3n) is 3.16. The lowest BCUT2D eigenvalue weighted by Gasteiger charge is -2.18. The van der Waals surface area contributed by atoms with Gasteiger partial charge in [-0.15, -0.1) is 0 Å². The molecule has 0 atom stereocenters. The molecule has 0 saturated carbocycles. The van der Waals surface area contributed by atoms with Crippen molar-refractivity contribution in [2.24, 2.45) is 5.92 Å². The Morgan fingerprint density at radius 2 is 2.00 bits per heavy atom. The summed E-state index contributed by atoms with van der Waals surface area (Å²) in [5.41, 5.74) is 3.08. The Labute approximate surface area is 109 Å². The molecule has 2 aromatic heterocycles. The molecule has 0 radical (unpaired) electrons. The van der Waals surface area contributed by atoms with Crippen molar-refractivity contribution in [1.29, 1.82) is 0 Å². The smallest absolute Gasteiger partial charge is 0.170 e. The molecule has 18 heavy (non-hydrogen) atoms. The molecule has 0 unspecified atom stereocenters. The van der Waals surface area contributed by atoms with E-state index < -0.39 is 0 Å². The Bertz CT molecular complexity index is 535. The van der Waals surface area contributed by atoms with Crippen LogP contribution in [-0.4, -0.2) is 10.1 Å². The van der Waals surface area contributed by atoms with Crippen LogP contribution in [0.15, 0.2) is 16.8 Å². The van der Waals surface area contributed by atoms with Crippen molar-refractivity contribution in [1.82, 2.24) is 10.1 Å². The normalized spacial score (nSPS) is 12.6. The summed E-state index contributed by atoms with van der Waals surface area (Å²) in [6, 6.07) is 2.02. The molecule has 0 aromatic carbocycles. The van der Waals surface area contributed by atoms with Crippen molar-refractivity contribution in [3.8, 4) is 0 Å². The van der Waals surface area contributed by atoms with Gasteiger partial charge in [0.1, 0.15) is 0 Å². The Morgan fingerprint density at radius 3 is 2.61 bits per heavy atom. The Balaban J connectivity index is 2.45. The number of hydrogen-bond donors (Lipinski definition) is 0. The first-order valence-electron chi connectivity index (χ1n) is 6.62. The van der Waals surface area contributed by atoms with Crippen LogP contribution in [0.4, 0.5) is 0 Å². The standard InChI is InChI=1S/C15H22N2O/c1-10(2)6-7-12-11-9-16-18-13(11)8-14(17-12)15(3,4)5/h8-10H,6-7H2,1-5H3. The molecule has 0 spiro atoms. The summed E-state index contributed by atoms with van der Waals surface area (Å²) >= 11 is 0. The van der Waals surface area contributed by atoms with Gasteiger partial charge in [0.2, 0.25) is 0 Å². The molecule has 2 aromatic rings. The zero-order valence-electron chi connectivity index (χ0n) is 11.9. The van der Waals surface area contributed by atoms with Crippen molar-refractivity contribution < 1.29 is 4.52 Å². The maximum Gasteiger partial charge on any atom is 0.170 e. The van der Waals surface area contributed by atoms with Crippen molar-refractivity contribution in [2.75, 3.05) is 0 Å². The van der Waals surface area contributed by atoms with E-state index in [9.17, 15) is 0 Å². The lowest BCUT2D eigenvalue weighted by atomic mass is 9.90. The first kappa shape index (κ1) is 13.1. The number of nitrogens with zero attached hydrogens (tertiary/aromatic N) is 2. The Hall–Kier alpha value is -1.38. The quantitative estimate of drug-likeness (QED) is 0.818. The van der Waals surface area contributed by atoms with Crippen LogP contribution in [0.3, 0.4) is 0 Å². The summed E-state index contributed by atoms with van der Waals surface area (Å²) in [6.07, 6.45) is 3.91. The molecule has 2 heterocycles. The number of aromatic nitrogens is 2. The fraction of sp³-hybridized carbons (Fsp3) is 0.600. The van der Waals surface area contributed by atoms with E-state index in [-0.39, 0.29) is 5.41 Å². The van der Waals surface area contributed by atoms with E-state index in [1.165, 1.54) is 0 Å². The number of rotatable bonds is 3. The Morgan fingerprint density at radius 1 is 1.28 bits per heavy atom. The topological polar surface area (TPSA) is 38.9 Å². The molecule has 0 saturated heterocycles. The van der Waals surface area contributed by atoms with Gasteiger partial charge in [-0.25, -0.2) is 0 Å². The molecule has 0 N–H and O–H groups in total. The number of pyridine rings is 1. The van der Waals surface area contributed by atoms with E-state index in [4.69, 9.17) is 9.51 Å². The third kappa shape index (κ3) is 2.71. The number of hydrogen-bond acceptors (Lipinski definition) is 3. The average Bonchev–Trinajstić information content (AvgIpc) is 2.72. The summed E-state index contributed by atoms with van der Waals surface area (Å²) in [7, 11) is 0. The average molecular weight is 246 g/mol. The van der Waals surface area contributed by atoms with Gasteiger partial charge in [-0.2, -0.15) is 0 Å². The van der Waals surface area contributed by atoms with Crippen LogP contribution in [0.25, 0.3) is 11.0 Å². The van der Waals surface area contributed by atoms with Crippen molar-refractivity contribution in [3.63, 3.8) is 0 Å². The SMILES string of the molecule is CC(C)CCc1nc(C(C)(C)C)cc2oncc12. The minimum atomic E-state index is 0.0353. The predicted octanol–water partition coefficient (Wildman–Crippen LogP) is 4.11. The fourth-order valence-electron chi connectivity index (χ4n) is 1.93. The van der Waals surface area contributed by atoms with Gasteiger partial charge >= 0.3 is 0 Å². The van der Waals surface area contributed by atoms with Gasteiger partial charge in [0, 0.05) is 17.2 Å². The van der Waals surface area contributed by atoms with Crippen LogP contribution in [0.1, 0.15) is 52.4 Å². The zero-order chi connectivity index (χ0) is 13.3. The van der Waals surface area contributed by atoms with Gasteiger partial charge < -0.3 is 4.52 Å². The van der Waals surface area contributed by atoms with Crippen LogP contribution < -0.4 is 0 Å². The van der Waals surface area contributed by atoms with Gasteiger partial charge in [0.05, 0.1) is 17.3 Å². The molecule has 0 aliphatic rings. The highest BCUT2D eigenvalue weighted by Gasteiger charge is 2.19. The van der Waals surface area contributed by atoms with Crippen LogP contribution in [0.2, 0.25) is 0 Å². The molecule has 0 aliphatic carbocycles. The highest BCUT2D eigenvalue weighted by molar-refractivity contribution is 5.78. The maximum atomic E-state index is 5.31. The number of aryl methyl sites for hydroxylation is 1. The van der Waals surface area contributed by atoms with E-state index in [0.717, 1.165) is 35.2 Å². The minimum Gasteiger partial charge on any atom is -0.356 e. The second kappa shape index (κ2) is 4.71. The fourth-order valence-corrected chi connectivity index (χ4v) is 1.93. The second-order valence-corrected chi connectivity index (χ2v) is 6.37. The van der Waals surface area contributed by atoms with Crippen LogP contribution in [-0.2, 0) is 11.8 Å². The van der Waals surface area contributed by atoms with Crippen LogP contribution in [0, 0.1) is 5.92 Å². The van der Waals surface area contributed by atoms with E-state index >= 15 is 0 Å². The predicted molar refractivity (Wildman–Crippen MR) is 73.7 cm³/mol. The number of fused-ring (bicyclic) bond motifs is 1. The monoisotopic (exact) mass is 246 g/mol. The molecule has 2 rings (SSSR count). The van der Waals surface area contributed by atoms with Gasteiger partial charge in [0.25, 0.3) is 0 Å². The molecule has 0 bridgehead atoms. The largest absolute Gasteiger partial charge is 0.356 e. The Kier molecular flexibility index (Phi) is 3.42. The summed E-state index contributed by atoms with van der Waals surface area (Å²) in [5.74, 6) is 0.681. The minimum absolute atomic E-state index is 0.0353. The molecule has 3 nitrogen and oxygen atoms in total. The molecule has 98 valence electrons. The highest BCUT2D eigenvalue weighted by atomic mass is 16.5. The molecule has 3 heteroatoms. The zero-order valence-corrected chi connectivity index (χ0v) is 11.9. The molecule has 0 amide bonds. The van der Waals surface area contributed by atoms with E-state index in [0.29, 0.717) is 5.92 Å². The second-order valence-electron chi connectivity index (χ2n) is 6.37. The van der Waals surface area contributed by atoms with Gasteiger partial charge in [-0.1, -0.05) is 39.8 Å². The van der Waals surface area contributed by atoms with E-state index in [1.807, 2.05) is 6.07 Å². The molecular weight excluding hydrogens is 224 g/mol. The van der Waals surface area contributed by atoms with E-state index in [1.54, 1.807) is 6.20 Å². The molecule has 0 aliphatic heterocycles. The van der Waals surface area contributed by atoms with Crippen LogP contribution >= 0.6 is 0 Å². The first-order chi connectivity index (χ1) is 8.38. The molecule has 0 fully saturated rings. The highest BCUT2D eigenvalue weighted by Crippen LogP contribution is 2.27. The van der Waals surface area contributed by atoms with Crippen molar-refractivity contribution in [3.05, 3.63) is 23.7 Å². The lowest BCUT2D eigenvalue weighted by molar-refractivity contribution is 0.454.